The third-order valence-corrected chi connectivity index (χ3v) is 36.7. The number of aliphatic hydroxyl groups is 3. The van der Waals surface area contributed by atoms with Gasteiger partial charge in [-0.1, -0.05) is 129 Å². The Morgan fingerprint density at radius 3 is 1.28 bits per heavy atom. The number of thioether (sulfide) groups is 3. The molecule has 0 spiro atoms. The molecule has 2 unspecified atom stereocenters. The maximum Gasteiger partial charge on any atom is 0.316 e. The van der Waals surface area contributed by atoms with Crippen molar-refractivity contribution in [3.8, 4) is 0 Å². The van der Waals surface area contributed by atoms with E-state index in [-0.39, 0.29) is 111 Å². The van der Waals surface area contributed by atoms with E-state index in [1.807, 2.05) is 59.8 Å². The van der Waals surface area contributed by atoms with Crippen LogP contribution < -0.4 is 11.1 Å². The van der Waals surface area contributed by atoms with Crippen molar-refractivity contribution in [2.75, 3.05) is 56.2 Å². The summed E-state index contributed by atoms with van der Waals surface area (Å²) in [5.74, 6) is 1.74. The van der Waals surface area contributed by atoms with Gasteiger partial charge in [-0.25, -0.2) is 0 Å². The Kier molecular flexibility index (Phi) is 28.5. The number of carbonyl (C=O) groups excluding carboxylic acids is 7. The normalized spacial score (nSPS) is 44.0. The monoisotopic (exact) mass is 1580 g/mol. The van der Waals surface area contributed by atoms with Crippen LogP contribution in [0.25, 0.3) is 0 Å². The molecule has 9 saturated carbocycles. The number of Topliss-reactive ketones (excluding diaryl/α,β-unsaturated/α-hetero) is 3. The molecule has 0 aromatic rings. The first-order valence-corrected chi connectivity index (χ1v) is 45.5. The van der Waals surface area contributed by atoms with E-state index in [1.165, 1.54) is 24.6 Å². The van der Waals surface area contributed by atoms with Gasteiger partial charge in [-0.2, -0.15) is 0 Å². The average Bonchev–Trinajstić information content (AvgIpc) is 1.64. The van der Waals surface area contributed by atoms with Crippen LogP contribution in [0.2, 0.25) is 0 Å². The molecule has 17 nitrogen and oxygen atoms in total. The van der Waals surface area contributed by atoms with Crippen molar-refractivity contribution in [2.45, 2.75) is 311 Å². The Labute approximate surface area is 669 Å². The summed E-state index contributed by atoms with van der Waals surface area (Å²) in [6, 6.07) is 0.738. The summed E-state index contributed by atoms with van der Waals surface area (Å²) < 4.78 is 18.6. The molecule has 2 aliphatic heterocycles. The van der Waals surface area contributed by atoms with Crippen LogP contribution in [0.1, 0.15) is 247 Å². The topological polar surface area (TPSA) is 252 Å². The molecule has 20 heteroatoms. The Morgan fingerprint density at radius 1 is 0.587 bits per heavy atom. The summed E-state index contributed by atoms with van der Waals surface area (Å²) in [6.07, 6.45) is 18.4. The Balaban J connectivity index is 0.000000189. The van der Waals surface area contributed by atoms with E-state index in [2.05, 4.69) is 125 Å². The lowest BCUT2D eigenvalue weighted by Gasteiger charge is -2.61. The standard InChI is InChI=1S/C31H52N2O5S.C30H47NO4S.C28H47NO4S/c1-10-29(8)15-22(38-23(35)16-39-28(6,7)17-33-27(37)24(32)18(2)3)30(9)19(4)11-13-31(20(5)26(29)36)14-12-21(34)25(30)31;1-7-28(4)16-24(35-25(33)17-36-22-14-20-8-9-21(15-22)31(20)6)29(5)18(2)10-12-30(19(3)27(28)34)13-11-23(32)26(29)30;1-8-26(6)17-22(33-23(31)18-34-16-15-29(9-2)10-3)27(7)19(4)11-13-28(20(5)25(26)32)14-12-21(30)24(27)28/h10,18-20,22,24-26,36H,1,11-17,32H2,2-9H3,(H,33,37);7,18-22,24,26-27,34H,1,8-17H2,2-6H3;8,19-20,22,24-25,32H,1,9-18H2,2-7H3/t19-,20+,22-,24-,25+,26+,29-,30+,31+;18-,19+,20?,21?,22?,24-,26+,27+,28-,29+,30+;19-,20+,22-,24+,25+,26-,27+,28+/m111/s1. The quantitative estimate of drug-likeness (QED) is 0.0276. The van der Waals surface area contributed by atoms with E-state index in [0.29, 0.717) is 85.5 Å². The number of hydrogen-bond donors (Lipinski definition) is 5. The van der Waals surface area contributed by atoms with Crippen molar-refractivity contribution in [2.24, 2.45) is 114 Å². The Bertz CT molecular complexity index is 3300. The van der Waals surface area contributed by atoms with Crippen molar-refractivity contribution in [1.29, 1.82) is 0 Å². The highest BCUT2D eigenvalue weighted by atomic mass is 32.2. The van der Waals surface area contributed by atoms with Crippen LogP contribution in [-0.4, -0.2) is 187 Å². The van der Waals surface area contributed by atoms with Crippen molar-refractivity contribution in [1.82, 2.24) is 15.1 Å². The number of fused-ring (bicyclic) bond motifs is 2. The number of amides is 1. The lowest BCUT2D eigenvalue weighted by molar-refractivity contribution is -0.205. The van der Waals surface area contributed by atoms with Gasteiger partial charge in [0.2, 0.25) is 5.91 Å². The zero-order valence-corrected chi connectivity index (χ0v) is 73.1. The fourth-order valence-corrected chi connectivity index (χ4v) is 27.4. The molecule has 27 atom stereocenters. The SMILES string of the molecule is C=C[C@]1(C)C[C@@H](OC(=O)CSC(C)(C)CNC(=O)[C@H](N)C(C)C)[C@]2(C)[C@H](C)CC[C@]3(CCC(=O)[C@H]32)[C@@H](C)[C@@H]1O.C=C[C@]1(C)C[C@@H](OC(=O)CSC2CC3CCC(C2)N3C)[C@]2(C)[C@H](C)CC[C@]3(CCC(=O)[C@H]32)[C@@H](C)[C@@H]1O.C=C[C@]1(C)C[C@@H](OC(=O)CSCCN(CC)CC)[C@]2(C)[C@H](C)CC[C@]3(CCC(=O)[C@H]32)[C@@H](C)[C@@H]1O. The van der Waals surface area contributed by atoms with Crippen LogP contribution in [0.4, 0.5) is 0 Å². The minimum atomic E-state index is -0.684. The van der Waals surface area contributed by atoms with Gasteiger partial charge in [0.05, 0.1) is 41.6 Å². The molecule has 2 heterocycles. The molecule has 0 aromatic carbocycles. The van der Waals surface area contributed by atoms with Crippen LogP contribution in [-0.2, 0) is 47.8 Å². The van der Waals surface area contributed by atoms with E-state index in [0.717, 1.165) is 96.0 Å². The maximum atomic E-state index is 13.5. The number of nitrogens with zero attached hydrogens (tertiary/aromatic N) is 2. The predicted molar refractivity (Wildman–Crippen MR) is 441 cm³/mol. The van der Waals surface area contributed by atoms with Gasteiger partial charge in [-0.05, 0) is 194 Å². The Hall–Kier alpha value is -3.08. The maximum absolute atomic E-state index is 13.5. The number of ketones is 3. The van der Waals surface area contributed by atoms with Crippen LogP contribution in [0.5, 0.6) is 0 Å². The van der Waals surface area contributed by atoms with E-state index >= 15 is 0 Å². The van der Waals surface area contributed by atoms with Gasteiger partial charge in [0, 0.05) is 110 Å². The molecular formula is C89H146N4O13S3. The first-order valence-electron chi connectivity index (χ1n) is 42.3. The van der Waals surface area contributed by atoms with Gasteiger partial charge >= 0.3 is 17.9 Å². The second-order valence-corrected chi connectivity index (χ2v) is 43.3. The number of esters is 3. The third-order valence-electron chi connectivity index (χ3n) is 33.2. The first-order chi connectivity index (χ1) is 50.9. The molecule has 11 rings (SSSR count). The predicted octanol–water partition coefficient (Wildman–Crippen LogP) is 14.7. The summed E-state index contributed by atoms with van der Waals surface area (Å²) >= 11 is 4.81. The lowest BCUT2D eigenvalue weighted by atomic mass is 9.44. The van der Waals surface area contributed by atoms with Gasteiger partial charge < -0.3 is 50.4 Å². The van der Waals surface area contributed by atoms with Gasteiger partial charge in [0.1, 0.15) is 35.7 Å². The third kappa shape index (κ3) is 16.7. The lowest BCUT2D eigenvalue weighted by Crippen LogP contribution is -2.63. The number of nitrogens with two attached hydrogens (primary N) is 1. The van der Waals surface area contributed by atoms with E-state index in [9.17, 15) is 48.9 Å². The number of rotatable bonds is 23. The van der Waals surface area contributed by atoms with E-state index in [4.69, 9.17) is 19.9 Å². The van der Waals surface area contributed by atoms with Crippen molar-refractivity contribution >= 4 is 76.5 Å². The molecule has 11 aliphatic rings. The molecule has 1 amide bonds. The fraction of sp³-hybridized carbons (Fsp3) is 0.854. The molecule has 6 N–H and O–H groups in total. The Morgan fingerprint density at radius 2 is 0.936 bits per heavy atom. The first kappa shape index (κ1) is 89.8. The van der Waals surface area contributed by atoms with Crippen LogP contribution in [0.3, 0.4) is 0 Å². The molecule has 618 valence electrons. The summed E-state index contributed by atoms with van der Waals surface area (Å²) in [5.41, 5.74) is 2.00. The van der Waals surface area contributed by atoms with E-state index < -0.39 is 79.9 Å². The van der Waals surface area contributed by atoms with Crippen molar-refractivity contribution < 1.29 is 63.1 Å². The molecule has 0 aromatic heterocycles. The zero-order chi connectivity index (χ0) is 80.9. The van der Waals surface area contributed by atoms with Crippen LogP contribution in [0.15, 0.2) is 38.0 Å². The van der Waals surface area contributed by atoms with Gasteiger partial charge in [-0.3, -0.25) is 33.6 Å². The highest BCUT2D eigenvalue weighted by Crippen LogP contribution is 2.72. The molecule has 109 heavy (non-hydrogen) atoms. The summed E-state index contributed by atoms with van der Waals surface area (Å²) in [4.78, 5) is 97.6. The van der Waals surface area contributed by atoms with Crippen LogP contribution >= 0.6 is 35.3 Å². The molecule has 11 fully saturated rings. The summed E-state index contributed by atoms with van der Waals surface area (Å²) in [6.45, 7) is 53.4. The van der Waals surface area contributed by atoms with Gasteiger partial charge in [-0.15, -0.1) is 55.0 Å². The molecular weight excluding hydrogens is 1430 g/mol. The highest BCUT2D eigenvalue weighted by molar-refractivity contribution is 8.01. The highest BCUT2D eigenvalue weighted by Gasteiger charge is 2.72. The largest absolute Gasteiger partial charge is 0.461 e. The van der Waals surface area contributed by atoms with Crippen molar-refractivity contribution in [3.63, 3.8) is 0 Å². The minimum Gasteiger partial charge on any atom is -0.461 e. The van der Waals surface area contributed by atoms with Crippen LogP contribution in [0, 0.1) is 108 Å². The number of carbonyl (C=O) groups is 7. The molecule has 0 radical (unpaired) electrons. The smallest absolute Gasteiger partial charge is 0.316 e. The molecule has 8 bridgehead atoms. The molecule has 9 aliphatic carbocycles. The number of hydrogen-bond acceptors (Lipinski definition) is 19. The number of ether oxygens (including phenoxy) is 3. The minimum absolute atomic E-state index is 0.00390. The van der Waals surface area contributed by atoms with Gasteiger partial charge in [0.15, 0.2) is 0 Å². The summed E-state index contributed by atoms with van der Waals surface area (Å²) in [5, 5.41) is 38.3. The summed E-state index contributed by atoms with van der Waals surface area (Å²) in [7, 11) is 2.24. The number of aliphatic hydroxyl groups excluding tert-OH is 3. The van der Waals surface area contributed by atoms with Gasteiger partial charge in [0.25, 0.3) is 0 Å². The van der Waals surface area contributed by atoms with Crippen molar-refractivity contribution in [3.05, 3.63) is 38.0 Å². The second-order valence-electron chi connectivity index (χ2n) is 39.3. The number of piperidine rings is 1. The number of nitrogens with one attached hydrogen (secondary N) is 1. The fourth-order valence-electron chi connectivity index (χ4n) is 24.7. The second kappa shape index (κ2) is 34.6. The zero-order valence-electron chi connectivity index (χ0n) is 70.6. The molecule has 2 saturated heterocycles. The van der Waals surface area contributed by atoms with E-state index in [1.54, 1.807) is 23.5 Å². The average molecular weight is 1580 g/mol.